The number of para-hydroxylation sites is 1. The number of ether oxygens (including phenoxy) is 1. The van der Waals surface area contributed by atoms with Crippen molar-refractivity contribution in [3.8, 4) is 10.6 Å². The number of anilines is 1. The Morgan fingerprint density at radius 1 is 1.18 bits per heavy atom. The third-order valence-electron chi connectivity index (χ3n) is 4.81. The number of hydrogen-bond acceptors (Lipinski definition) is 5. The standard InChI is InChI=1S/C22H20N2O3S/c1-14-7-9-16(10-8-14)21-23-18(13-28-21)22(26)27-12-20(25)24-15(2)11-17-5-3-4-6-19(17)24/h3-10,13,15H,11-12H2,1-2H3/t15-/m1/s1. The molecule has 0 saturated heterocycles. The predicted octanol–water partition coefficient (Wildman–Crippen LogP) is 4.25. The van der Waals surface area contributed by atoms with Gasteiger partial charge in [-0.3, -0.25) is 4.79 Å². The van der Waals surface area contributed by atoms with Crippen molar-refractivity contribution in [1.82, 2.24) is 4.98 Å². The number of nitrogens with zero attached hydrogens (tertiary/aromatic N) is 2. The van der Waals surface area contributed by atoms with E-state index in [2.05, 4.69) is 4.98 Å². The van der Waals surface area contributed by atoms with Gasteiger partial charge in [0.25, 0.3) is 5.91 Å². The van der Waals surface area contributed by atoms with Crippen LogP contribution in [0, 0.1) is 6.92 Å². The molecule has 1 amide bonds. The first-order chi connectivity index (χ1) is 13.5. The van der Waals surface area contributed by atoms with Gasteiger partial charge in [-0.15, -0.1) is 11.3 Å². The largest absolute Gasteiger partial charge is 0.451 e. The Morgan fingerprint density at radius 3 is 2.71 bits per heavy atom. The zero-order valence-corrected chi connectivity index (χ0v) is 16.5. The van der Waals surface area contributed by atoms with Crippen LogP contribution in [0.15, 0.2) is 53.9 Å². The van der Waals surface area contributed by atoms with E-state index in [0.717, 1.165) is 33.8 Å². The van der Waals surface area contributed by atoms with E-state index in [1.165, 1.54) is 11.3 Å². The number of esters is 1. The number of aromatic nitrogens is 1. The summed E-state index contributed by atoms with van der Waals surface area (Å²) in [6.45, 7) is 3.72. The molecule has 142 valence electrons. The Bertz CT molecular complexity index is 1030. The molecule has 2 aromatic carbocycles. The van der Waals surface area contributed by atoms with Crippen molar-refractivity contribution in [3.05, 3.63) is 70.7 Å². The van der Waals surface area contributed by atoms with Crippen LogP contribution >= 0.6 is 11.3 Å². The highest BCUT2D eigenvalue weighted by Gasteiger charge is 2.31. The Balaban J connectivity index is 1.41. The number of carbonyl (C=O) groups excluding carboxylic acids is 2. The van der Waals surface area contributed by atoms with Gasteiger partial charge in [-0.05, 0) is 31.9 Å². The molecule has 3 aromatic rings. The molecule has 0 fully saturated rings. The molecule has 0 unspecified atom stereocenters. The second-order valence-electron chi connectivity index (χ2n) is 6.93. The summed E-state index contributed by atoms with van der Waals surface area (Å²) in [7, 11) is 0. The van der Waals surface area contributed by atoms with Crippen LogP contribution in [0.5, 0.6) is 0 Å². The molecular formula is C22H20N2O3S. The Kier molecular flexibility index (Phi) is 4.96. The van der Waals surface area contributed by atoms with Crippen LogP contribution in [0.3, 0.4) is 0 Å². The highest BCUT2D eigenvalue weighted by atomic mass is 32.1. The summed E-state index contributed by atoms with van der Waals surface area (Å²) in [4.78, 5) is 31.1. The van der Waals surface area contributed by atoms with E-state index < -0.39 is 5.97 Å². The molecule has 2 heterocycles. The second-order valence-corrected chi connectivity index (χ2v) is 7.78. The van der Waals surface area contributed by atoms with Crippen LogP contribution in [0.25, 0.3) is 10.6 Å². The molecule has 6 heteroatoms. The summed E-state index contributed by atoms with van der Waals surface area (Å²) in [6, 6.07) is 15.8. The van der Waals surface area contributed by atoms with E-state index in [4.69, 9.17) is 4.74 Å². The van der Waals surface area contributed by atoms with Crippen molar-refractivity contribution in [2.24, 2.45) is 0 Å². The number of thiazole rings is 1. The van der Waals surface area contributed by atoms with Gasteiger partial charge >= 0.3 is 5.97 Å². The quantitative estimate of drug-likeness (QED) is 0.623. The first kappa shape index (κ1) is 18.4. The molecule has 1 aliphatic heterocycles. The van der Waals surface area contributed by atoms with Crippen molar-refractivity contribution in [1.29, 1.82) is 0 Å². The first-order valence-electron chi connectivity index (χ1n) is 9.12. The van der Waals surface area contributed by atoms with Crippen molar-refractivity contribution >= 4 is 28.9 Å². The summed E-state index contributed by atoms with van der Waals surface area (Å²) in [5.41, 5.74) is 4.37. The molecule has 0 bridgehead atoms. The van der Waals surface area contributed by atoms with Crippen LogP contribution in [-0.2, 0) is 16.0 Å². The van der Waals surface area contributed by atoms with Crippen molar-refractivity contribution in [2.45, 2.75) is 26.3 Å². The van der Waals surface area contributed by atoms with Gasteiger partial charge < -0.3 is 9.64 Å². The zero-order chi connectivity index (χ0) is 19.7. The number of carbonyl (C=O) groups is 2. The molecule has 28 heavy (non-hydrogen) atoms. The third kappa shape index (κ3) is 3.55. The third-order valence-corrected chi connectivity index (χ3v) is 5.71. The fraction of sp³-hybridized carbons (Fsp3) is 0.227. The Labute approximate surface area is 167 Å². The maximum Gasteiger partial charge on any atom is 0.358 e. The summed E-state index contributed by atoms with van der Waals surface area (Å²) < 4.78 is 5.25. The van der Waals surface area contributed by atoms with Crippen LogP contribution in [-0.4, -0.2) is 29.5 Å². The first-order valence-corrected chi connectivity index (χ1v) is 10.0. The highest BCUT2D eigenvalue weighted by Crippen LogP contribution is 2.32. The number of fused-ring (bicyclic) bond motifs is 1. The van der Waals surface area contributed by atoms with E-state index in [1.54, 1.807) is 10.3 Å². The van der Waals surface area contributed by atoms with Crippen LogP contribution in [0.1, 0.15) is 28.5 Å². The fourth-order valence-electron chi connectivity index (χ4n) is 3.41. The second kappa shape index (κ2) is 7.56. The van der Waals surface area contributed by atoms with E-state index in [9.17, 15) is 9.59 Å². The fourth-order valence-corrected chi connectivity index (χ4v) is 4.21. The number of hydrogen-bond donors (Lipinski definition) is 0. The van der Waals surface area contributed by atoms with Crippen molar-refractivity contribution in [2.75, 3.05) is 11.5 Å². The van der Waals surface area contributed by atoms with Gasteiger partial charge in [-0.1, -0.05) is 48.0 Å². The topological polar surface area (TPSA) is 59.5 Å². The minimum absolute atomic E-state index is 0.0519. The molecule has 0 aliphatic carbocycles. The Morgan fingerprint density at radius 2 is 1.93 bits per heavy atom. The van der Waals surface area contributed by atoms with E-state index in [1.807, 2.05) is 62.4 Å². The highest BCUT2D eigenvalue weighted by molar-refractivity contribution is 7.13. The maximum atomic E-state index is 12.6. The molecule has 1 aliphatic rings. The predicted molar refractivity (Wildman–Crippen MR) is 110 cm³/mol. The van der Waals surface area contributed by atoms with Gasteiger partial charge in [0.1, 0.15) is 5.01 Å². The lowest BCUT2D eigenvalue weighted by Crippen LogP contribution is -2.38. The van der Waals surface area contributed by atoms with E-state index in [0.29, 0.717) is 0 Å². The molecular weight excluding hydrogens is 372 g/mol. The smallest absolute Gasteiger partial charge is 0.358 e. The molecule has 0 N–H and O–H groups in total. The lowest BCUT2D eigenvalue weighted by molar-refractivity contribution is -0.122. The SMILES string of the molecule is Cc1ccc(-c2nc(C(=O)OCC(=O)N3c4ccccc4C[C@H]3C)cs2)cc1. The summed E-state index contributed by atoms with van der Waals surface area (Å²) in [5.74, 6) is -0.803. The maximum absolute atomic E-state index is 12.6. The number of benzene rings is 2. The van der Waals surface area contributed by atoms with Gasteiger partial charge in [0.05, 0.1) is 0 Å². The van der Waals surface area contributed by atoms with Crippen LogP contribution < -0.4 is 4.90 Å². The average Bonchev–Trinajstić information content (AvgIpc) is 3.30. The van der Waals surface area contributed by atoms with Crippen LogP contribution in [0.4, 0.5) is 5.69 Å². The lowest BCUT2D eigenvalue weighted by atomic mass is 10.1. The number of rotatable bonds is 4. The monoisotopic (exact) mass is 392 g/mol. The summed E-state index contributed by atoms with van der Waals surface area (Å²) >= 11 is 1.38. The van der Waals surface area contributed by atoms with E-state index in [-0.39, 0.29) is 24.2 Å². The Hall–Kier alpha value is -2.99. The molecule has 5 nitrogen and oxygen atoms in total. The molecule has 0 spiro atoms. The molecule has 1 atom stereocenters. The lowest BCUT2D eigenvalue weighted by Gasteiger charge is -2.22. The van der Waals surface area contributed by atoms with Gasteiger partial charge in [-0.2, -0.15) is 0 Å². The summed E-state index contributed by atoms with van der Waals surface area (Å²) in [5, 5.41) is 2.41. The minimum atomic E-state index is -0.580. The normalized spacial score (nSPS) is 15.4. The molecule has 0 saturated carbocycles. The number of amides is 1. The van der Waals surface area contributed by atoms with Crippen molar-refractivity contribution in [3.63, 3.8) is 0 Å². The summed E-state index contributed by atoms with van der Waals surface area (Å²) in [6.07, 6.45) is 0.807. The zero-order valence-electron chi connectivity index (χ0n) is 15.7. The van der Waals surface area contributed by atoms with Crippen LogP contribution in [0.2, 0.25) is 0 Å². The van der Waals surface area contributed by atoms with Gasteiger partial charge in [0.2, 0.25) is 0 Å². The van der Waals surface area contributed by atoms with Crippen molar-refractivity contribution < 1.29 is 14.3 Å². The average molecular weight is 392 g/mol. The molecule has 4 rings (SSSR count). The molecule has 0 radical (unpaired) electrons. The van der Waals surface area contributed by atoms with Gasteiger partial charge in [0, 0.05) is 22.7 Å². The van der Waals surface area contributed by atoms with Gasteiger partial charge in [-0.25, -0.2) is 9.78 Å². The minimum Gasteiger partial charge on any atom is -0.451 e. The molecule has 1 aromatic heterocycles. The van der Waals surface area contributed by atoms with Gasteiger partial charge in [0.15, 0.2) is 12.3 Å². The number of aryl methyl sites for hydroxylation is 1. The van der Waals surface area contributed by atoms with E-state index >= 15 is 0 Å².